The molecular formula is C33H31N5O3. The van der Waals surface area contributed by atoms with Crippen molar-refractivity contribution in [2.24, 2.45) is 0 Å². The van der Waals surface area contributed by atoms with Crippen molar-refractivity contribution in [1.82, 2.24) is 19.2 Å². The van der Waals surface area contributed by atoms with Gasteiger partial charge in [0.05, 0.1) is 47.5 Å². The number of ether oxygens (including phenoxy) is 1. The molecule has 1 N–H and O–H groups in total. The van der Waals surface area contributed by atoms with E-state index < -0.39 is 12.0 Å². The van der Waals surface area contributed by atoms with E-state index in [9.17, 15) is 9.59 Å². The second-order valence-corrected chi connectivity index (χ2v) is 10.1. The lowest BCUT2D eigenvalue weighted by Gasteiger charge is -2.31. The molecule has 2 aromatic heterocycles. The topological polar surface area (TPSA) is 81.4 Å². The third-order valence-electron chi connectivity index (χ3n) is 7.40. The van der Waals surface area contributed by atoms with Gasteiger partial charge in [-0.1, -0.05) is 60.2 Å². The molecule has 206 valence electrons. The van der Waals surface area contributed by atoms with Crippen LogP contribution in [0.2, 0.25) is 0 Å². The Kier molecular flexibility index (Phi) is 6.89. The van der Waals surface area contributed by atoms with Gasteiger partial charge in [0.15, 0.2) is 0 Å². The fourth-order valence-corrected chi connectivity index (χ4v) is 5.41. The normalized spacial score (nSPS) is 14.1. The zero-order valence-electron chi connectivity index (χ0n) is 23.2. The van der Waals surface area contributed by atoms with Gasteiger partial charge in [0, 0.05) is 11.8 Å². The zero-order valence-corrected chi connectivity index (χ0v) is 23.2. The van der Waals surface area contributed by atoms with Crippen LogP contribution in [-0.4, -0.2) is 37.9 Å². The van der Waals surface area contributed by atoms with Gasteiger partial charge in [-0.15, -0.1) is 0 Å². The number of fused-ring (bicyclic) bond motifs is 3. The van der Waals surface area contributed by atoms with Crippen LogP contribution >= 0.6 is 0 Å². The molecule has 3 heterocycles. The number of aryl methyl sites for hydroxylation is 2. The highest BCUT2D eigenvalue weighted by Gasteiger charge is 2.36. The first-order valence-electron chi connectivity index (χ1n) is 13.7. The molecule has 1 aliphatic rings. The maximum atomic E-state index is 14.3. The lowest BCUT2D eigenvalue weighted by molar-refractivity contribution is 0.0527. The number of carbonyl (C=O) groups excluding carboxylic acids is 2. The van der Waals surface area contributed by atoms with Gasteiger partial charge in [-0.25, -0.2) is 14.3 Å². The van der Waals surface area contributed by atoms with Crippen LogP contribution in [0.4, 0.5) is 10.5 Å². The van der Waals surface area contributed by atoms with E-state index in [2.05, 4.69) is 34.1 Å². The van der Waals surface area contributed by atoms with Crippen molar-refractivity contribution in [2.45, 2.75) is 33.4 Å². The van der Waals surface area contributed by atoms with E-state index in [1.165, 1.54) is 0 Å². The first kappa shape index (κ1) is 26.1. The van der Waals surface area contributed by atoms with Crippen molar-refractivity contribution in [1.29, 1.82) is 0 Å². The number of para-hydroxylation sites is 2. The van der Waals surface area contributed by atoms with Crippen LogP contribution in [-0.2, 0) is 11.3 Å². The van der Waals surface area contributed by atoms with Crippen LogP contribution in [0.3, 0.4) is 0 Å². The number of urea groups is 1. The number of hydrogen-bond donors (Lipinski definition) is 1. The number of aromatic nitrogens is 3. The Bertz CT molecular complexity index is 1720. The van der Waals surface area contributed by atoms with Crippen LogP contribution in [0.5, 0.6) is 0 Å². The number of rotatable bonds is 5. The van der Waals surface area contributed by atoms with E-state index >= 15 is 0 Å². The summed E-state index contributed by atoms with van der Waals surface area (Å²) >= 11 is 0. The number of nitrogens with one attached hydrogen (secondary N) is 1. The summed E-state index contributed by atoms with van der Waals surface area (Å²) in [6, 6.07) is 28.5. The summed E-state index contributed by atoms with van der Waals surface area (Å²) in [7, 11) is 0. The molecule has 0 saturated heterocycles. The predicted molar refractivity (Wildman–Crippen MR) is 158 cm³/mol. The molecule has 0 spiro atoms. The average Bonchev–Trinajstić information content (AvgIpc) is 3.55. The number of hydrogen-bond acceptors (Lipinski definition) is 4. The first-order chi connectivity index (χ1) is 20.0. The summed E-state index contributed by atoms with van der Waals surface area (Å²) in [5.41, 5.74) is 6.45. The Balaban J connectivity index is 1.50. The summed E-state index contributed by atoms with van der Waals surface area (Å²) in [5, 5.41) is 7.92. The molecule has 0 radical (unpaired) electrons. The van der Waals surface area contributed by atoms with Crippen molar-refractivity contribution in [3.63, 3.8) is 0 Å². The Morgan fingerprint density at radius 3 is 2.41 bits per heavy atom. The largest absolute Gasteiger partial charge is 0.462 e. The second-order valence-electron chi connectivity index (χ2n) is 10.1. The summed E-state index contributed by atoms with van der Waals surface area (Å²) < 4.78 is 9.32. The van der Waals surface area contributed by atoms with Crippen LogP contribution in [0.25, 0.3) is 11.5 Å². The van der Waals surface area contributed by atoms with Gasteiger partial charge in [-0.3, -0.25) is 0 Å². The highest BCUT2D eigenvalue weighted by Crippen LogP contribution is 2.39. The minimum absolute atomic E-state index is 0.243. The average molecular weight is 546 g/mol. The maximum absolute atomic E-state index is 14.3. The van der Waals surface area contributed by atoms with Crippen LogP contribution in [0.1, 0.15) is 51.4 Å². The van der Waals surface area contributed by atoms with Gasteiger partial charge in [0.1, 0.15) is 5.82 Å². The summed E-state index contributed by atoms with van der Waals surface area (Å²) in [4.78, 5) is 28.7. The molecule has 8 nitrogen and oxygen atoms in total. The molecule has 1 atom stereocenters. The lowest BCUT2D eigenvalue weighted by Crippen LogP contribution is -2.38. The maximum Gasteiger partial charge on any atom is 0.340 e. The minimum Gasteiger partial charge on any atom is -0.462 e. The van der Waals surface area contributed by atoms with E-state index in [-0.39, 0.29) is 12.6 Å². The van der Waals surface area contributed by atoms with E-state index in [0.29, 0.717) is 17.8 Å². The lowest BCUT2D eigenvalue weighted by atomic mass is 10.0. The predicted octanol–water partition coefficient (Wildman–Crippen LogP) is 6.59. The van der Waals surface area contributed by atoms with Gasteiger partial charge in [0.25, 0.3) is 0 Å². The number of esters is 1. The molecule has 2 amide bonds. The van der Waals surface area contributed by atoms with Crippen molar-refractivity contribution < 1.29 is 14.3 Å². The molecule has 0 saturated carbocycles. The van der Waals surface area contributed by atoms with Crippen molar-refractivity contribution >= 4 is 17.7 Å². The Labute approximate surface area is 238 Å². The van der Waals surface area contributed by atoms with Crippen molar-refractivity contribution in [2.75, 3.05) is 11.9 Å². The third-order valence-corrected chi connectivity index (χ3v) is 7.40. The molecule has 8 heteroatoms. The van der Waals surface area contributed by atoms with Crippen molar-refractivity contribution in [3.05, 3.63) is 131 Å². The van der Waals surface area contributed by atoms with Crippen LogP contribution < -0.4 is 5.32 Å². The van der Waals surface area contributed by atoms with E-state index in [1.807, 2.05) is 72.1 Å². The third kappa shape index (κ3) is 4.78. The Morgan fingerprint density at radius 2 is 1.66 bits per heavy atom. The first-order valence-corrected chi connectivity index (χ1v) is 13.7. The Morgan fingerprint density at radius 1 is 0.927 bits per heavy atom. The summed E-state index contributed by atoms with van der Waals surface area (Å²) in [5.74, 6) is 0.415. The minimum atomic E-state index is -0.481. The standard InChI is InChI=1S/C33H31N5O3/c1-4-41-32(39)26-13-8-9-14-28(26)34-33(40)37-21-27-23(3)35-38(25-11-6-5-7-12-25)31(27)36-20-10-15-29(36)30(37)24-18-16-22(2)17-19-24/h5-20,30H,4,21H2,1-3H3,(H,34,40)/t30-/m1/s1. The molecular weight excluding hydrogens is 514 g/mol. The number of carbonyl (C=O) groups is 2. The molecule has 0 bridgehead atoms. The highest BCUT2D eigenvalue weighted by atomic mass is 16.5. The number of anilines is 1. The molecule has 6 rings (SSSR count). The van der Waals surface area contributed by atoms with Crippen molar-refractivity contribution in [3.8, 4) is 11.5 Å². The van der Waals surface area contributed by atoms with E-state index in [4.69, 9.17) is 9.84 Å². The quantitative estimate of drug-likeness (QED) is 0.253. The monoisotopic (exact) mass is 545 g/mol. The van der Waals surface area contributed by atoms with Gasteiger partial charge in [-0.2, -0.15) is 5.10 Å². The second kappa shape index (κ2) is 10.8. The van der Waals surface area contributed by atoms with Gasteiger partial charge in [-0.05, 0) is 62.7 Å². The van der Waals surface area contributed by atoms with Crippen LogP contribution in [0, 0.1) is 13.8 Å². The van der Waals surface area contributed by atoms with E-state index in [1.54, 1.807) is 31.2 Å². The summed E-state index contributed by atoms with van der Waals surface area (Å²) in [6.07, 6.45) is 2.02. The SMILES string of the molecule is CCOC(=O)c1ccccc1NC(=O)N1Cc2c(C)nn(-c3ccccc3)c2-n2cccc2[C@H]1c1ccc(C)cc1. The molecule has 5 aromatic rings. The van der Waals surface area contributed by atoms with Crippen LogP contribution in [0.15, 0.2) is 97.2 Å². The smallest absolute Gasteiger partial charge is 0.340 e. The summed E-state index contributed by atoms with van der Waals surface area (Å²) in [6.45, 7) is 6.33. The molecule has 41 heavy (non-hydrogen) atoms. The molecule has 0 fully saturated rings. The number of nitrogens with zero attached hydrogens (tertiary/aromatic N) is 4. The van der Waals surface area contributed by atoms with Gasteiger partial charge >= 0.3 is 12.0 Å². The molecule has 1 aliphatic heterocycles. The fraction of sp³-hybridized carbons (Fsp3) is 0.182. The number of amides is 2. The highest BCUT2D eigenvalue weighted by molar-refractivity contribution is 6.01. The molecule has 0 unspecified atom stereocenters. The van der Waals surface area contributed by atoms with Gasteiger partial charge < -0.3 is 19.5 Å². The number of benzene rings is 3. The zero-order chi connectivity index (χ0) is 28.5. The van der Waals surface area contributed by atoms with E-state index in [0.717, 1.165) is 39.6 Å². The van der Waals surface area contributed by atoms with Gasteiger partial charge in [0.2, 0.25) is 0 Å². The Hall–Kier alpha value is -5.11. The molecule has 3 aromatic carbocycles. The molecule has 0 aliphatic carbocycles. The fourth-order valence-electron chi connectivity index (χ4n) is 5.41.